The average Bonchev–Trinajstić information content (AvgIpc) is 2.82. The van der Waals surface area contributed by atoms with Gasteiger partial charge in [0.2, 0.25) is 5.88 Å². The topological polar surface area (TPSA) is 151 Å². The fraction of sp³-hybridized carbons (Fsp3) is 0.556. The predicted octanol–water partition coefficient (Wildman–Crippen LogP) is -2.70. The number of imidazole rings is 1. The van der Waals surface area contributed by atoms with Crippen molar-refractivity contribution in [2.75, 3.05) is 6.61 Å². The number of hydrogen-bond acceptors (Lipinski definition) is 7. The first-order valence-corrected chi connectivity index (χ1v) is 5.15. The molecule has 1 aromatic rings. The first kappa shape index (κ1) is 12.8. The SMILES string of the molecule is NC(=O)c1c(O)ncn1[C@@H]1O[C@H](CO)[C@@H](O)[C@H]1O. The lowest BCUT2D eigenvalue weighted by Crippen LogP contribution is -2.33. The Balaban J connectivity index is 2.36. The van der Waals surface area contributed by atoms with Crippen LogP contribution in [0.5, 0.6) is 5.88 Å². The highest BCUT2D eigenvalue weighted by Gasteiger charge is 2.44. The van der Waals surface area contributed by atoms with E-state index in [9.17, 15) is 20.1 Å². The Morgan fingerprint density at radius 1 is 1.50 bits per heavy atom. The highest BCUT2D eigenvalue weighted by atomic mass is 16.6. The van der Waals surface area contributed by atoms with Crippen molar-refractivity contribution in [3.63, 3.8) is 0 Å². The summed E-state index contributed by atoms with van der Waals surface area (Å²) in [5, 5.41) is 37.6. The van der Waals surface area contributed by atoms with Gasteiger partial charge in [-0.05, 0) is 0 Å². The first-order chi connectivity index (χ1) is 8.47. The number of amides is 1. The molecule has 0 aromatic carbocycles. The molecule has 1 aliphatic rings. The molecule has 0 radical (unpaired) electrons. The summed E-state index contributed by atoms with van der Waals surface area (Å²) in [7, 11) is 0. The van der Waals surface area contributed by atoms with Crippen LogP contribution in [0.15, 0.2) is 6.33 Å². The fourth-order valence-electron chi connectivity index (χ4n) is 1.89. The highest BCUT2D eigenvalue weighted by Crippen LogP contribution is 2.31. The van der Waals surface area contributed by atoms with E-state index < -0.39 is 42.9 Å². The number of primary amides is 1. The highest BCUT2D eigenvalue weighted by molar-refractivity contribution is 5.93. The summed E-state index contributed by atoms with van der Waals surface area (Å²) < 4.78 is 6.19. The standard InChI is InChI=1S/C9H13N3O6/c10-7(16)4-8(17)11-2-12(4)9-6(15)5(14)3(1-13)18-9/h2-3,5-6,9,13-15,17H,1H2,(H2,10,16)/t3-,5-,6-,9-/m1/s1. The van der Waals surface area contributed by atoms with Gasteiger partial charge in [0.25, 0.3) is 5.91 Å². The molecular weight excluding hydrogens is 246 g/mol. The maximum absolute atomic E-state index is 11.2. The van der Waals surface area contributed by atoms with Crippen molar-refractivity contribution in [2.24, 2.45) is 5.73 Å². The van der Waals surface area contributed by atoms with Crippen LogP contribution in [0.2, 0.25) is 0 Å². The van der Waals surface area contributed by atoms with Crippen molar-refractivity contribution >= 4 is 5.91 Å². The molecule has 4 atom stereocenters. The van der Waals surface area contributed by atoms with E-state index in [1.165, 1.54) is 0 Å². The molecule has 9 nitrogen and oxygen atoms in total. The number of aliphatic hydroxyl groups excluding tert-OH is 3. The lowest BCUT2D eigenvalue weighted by atomic mass is 10.1. The van der Waals surface area contributed by atoms with Crippen molar-refractivity contribution < 1.29 is 30.0 Å². The number of aliphatic hydroxyl groups is 3. The second-order valence-electron chi connectivity index (χ2n) is 3.92. The van der Waals surface area contributed by atoms with Gasteiger partial charge in [-0.3, -0.25) is 9.36 Å². The summed E-state index contributed by atoms with van der Waals surface area (Å²) in [6, 6.07) is 0. The number of hydrogen-bond donors (Lipinski definition) is 5. The zero-order valence-corrected chi connectivity index (χ0v) is 9.17. The molecule has 2 rings (SSSR count). The lowest BCUT2D eigenvalue weighted by Gasteiger charge is -2.17. The van der Waals surface area contributed by atoms with Crippen molar-refractivity contribution in [2.45, 2.75) is 24.5 Å². The van der Waals surface area contributed by atoms with Crippen molar-refractivity contribution in [3.05, 3.63) is 12.0 Å². The summed E-state index contributed by atoms with van der Waals surface area (Å²) in [6.07, 6.45) is -3.79. The van der Waals surface area contributed by atoms with Crippen LogP contribution in [0.4, 0.5) is 0 Å². The van der Waals surface area contributed by atoms with Gasteiger partial charge in [0.05, 0.1) is 6.61 Å². The molecule has 0 spiro atoms. The molecular formula is C9H13N3O6. The van der Waals surface area contributed by atoms with Gasteiger partial charge in [-0.2, -0.15) is 0 Å². The minimum atomic E-state index is -1.38. The normalized spacial score (nSPS) is 31.7. The fourth-order valence-corrected chi connectivity index (χ4v) is 1.89. The third-order valence-corrected chi connectivity index (χ3v) is 2.80. The number of nitrogens with two attached hydrogens (primary N) is 1. The molecule has 1 aliphatic heterocycles. The minimum Gasteiger partial charge on any atom is -0.492 e. The summed E-state index contributed by atoms with van der Waals surface area (Å²) in [6.45, 7) is -0.499. The van der Waals surface area contributed by atoms with Gasteiger partial charge in [-0.1, -0.05) is 0 Å². The van der Waals surface area contributed by atoms with Crippen LogP contribution in [0.1, 0.15) is 16.7 Å². The van der Waals surface area contributed by atoms with Gasteiger partial charge in [0.15, 0.2) is 11.9 Å². The Morgan fingerprint density at radius 2 is 2.17 bits per heavy atom. The van der Waals surface area contributed by atoms with Crippen LogP contribution in [0.3, 0.4) is 0 Å². The molecule has 1 saturated heterocycles. The number of ether oxygens (including phenoxy) is 1. The zero-order chi connectivity index (χ0) is 13.4. The van der Waals surface area contributed by atoms with Crippen LogP contribution in [0, 0.1) is 0 Å². The average molecular weight is 259 g/mol. The largest absolute Gasteiger partial charge is 0.492 e. The Hall–Kier alpha value is -1.68. The van der Waals surface area contributed by atoms with Gasteiger partial charge < -0.3 is 30.9 Å². The second-order valence-corrected chi connectivity index (χ2v) is 3.92. The molecule has 0 saturated carbocycles. The molecule has 9 heteroatoms. The number of nitrogens with zero attached hydrogens (tertiary/aromatic N) is 2. The number of aromatic hydroxyl groups is 1. The molecule has 6 N–H and O–H groups in total. The Kier molecular flexibility index (Phi) is 3.22. The second kappa shape index (κ2) is 4.53. The van der Waals surface area contributed by atoms with E-state index >= 15 is 0 Å². The van der Waals surface area contributed by atoms with E-state index in [4.69, 9.17) is 15.6 Å². The van der Waals surface area contributed by atoms with Gasteiger partial charge in [0.1, 0.15) is 24.6 Å². The van der Waals surface area contributed by atoms with Crippen molar-refractivity contribution in [1.82, 2.24) is 9.55 Å². The van der Waals surface area contributed by atoms with Gasteiger partial charge in [-0.25, -0.2) is 4.98 Å². The quantitative estimate of drug-likeness (QED) is 0.396. The summed E-state index contributed by atoms with van der Waals surface area (Å²) in [5.74, 6) is -1.55. The minimum absolute atomic E-state index is 0.343. The van der Waals surface area contributed by atoms with E-state index in [-0.39, 0.29) is 5.69 Å². The van der Waals surface area contributed by atoms with Gasteiger partial charge >= 0.3 is 0 Å². The molecule has 2 heterocycles. The first-order valence-electron chi connectivity index (χ1n) is 5.15. The maximum Gasteiger partial charge on any atom is 0.271 e. The molecule has 1 aromatic heterocycles. The van der Waals surface area contributed by atoms with Gasteiger partial charge in [0, 0.05) is 0 Å². The maximum atomic E-state index is 11.2. The van der Waals surface area contributed by atoms with Crippen LogP contribution in [-0.2, 0) is 4.74 Å². The Bertz CT molecular complexity index is 461. The third kappa shape index (κ3) is 1.82. The molecule has 1 fully saturated rings. The smallest absolute Gasteiger partial charge is 0.271 e. The molecule has 1 amide bonds. The number of rotatable bonds is 3. The summed E-state index contributed by atoms with van der Waals surface area (Å²) in [5.41, 5.74) is 4.72. The van der Waals surface area contributed by atoms with Crippen LogP contribution >= 0.6 is 0 Å². The number of aromatic nitrogens is 2. The van der Waals surface area contributed by atoms with Crippen molar-refractivity contribution in [1.29, 1.82) is 0 Å². The van der Waals surface area contributed by atoms with Crippen molar-refractivity contribution in [3.8, 4) is 5.88 Å². The third-order valence-electron chi connectivity index (χ3n) is 2.80. The number of carbonyl (C=O) groups excluding carboxylic acids is 1. The predicted molar refractivity (Wildman–Crippen MR) is 55.4 cm³/mol. The van der Waals surface area contributed by atoms with E-state index in [2.05, 4.69) is 4.98 Å². The summed E-state index contributed by atoms with van der Waals surface area (Å²) in [4.78, 5) is 14.6. The Labute approximate surface area is 101 Å². The molecule has 0 aliphatic carbocycles. The lowest BCUT2D eigenvalue weighted by molar-refractivity contribution is -0.0535. The Morgan fingerprint density at radius 3 is 2.67 bits per heavy atom. The number of carbonyl (C=O) groups is 1. The summed E-state index contributed by atoms with van der Waals surface area (Å²) >= 11 is 0. The zero-order valence-electron chi connectivity index (χ0n) is 9.17. The molecule has 100 valence electrons. The van der Waals surface area contributed by atoms with E-state index in [0.29, 0.717) is 0 Å². The molecule has 18 heavy (non-hydrogen) atoms. The van der Waals surface area contributed by atoms with E-state index in [1.54, 1.807) is 0 Å². The van der Waals surface area contributed by atoms with Crippen LogP contribution in [-0.4, -0.2) is 60.8 Å². The molecule has 0 unspecified atom stereocenters. The van der Waals surface area contributed by atoms with Crippen LogP contribution < -0.4 is 5.73 Å². The molecule has 0 bridgehead atoms. The van der Waals surface area contributed by atoms with Gasteiger partial charge in [-0.15, -0.1) is 0 Å². The monoisotopic (exact) mass is 259 g/mol. The van der Waals surface area contributed by atoms with E-state index in [0.717, 1.165) is 10.9 Å². The van der Waals surface area contributed by atoms with E-state index in [1.807, 2.05) is 0 Å². The van der Waals surface area contributed by atoms with Crippen LogP contribution in [0.25, 0.3) is 0 Å².